The molecule has 4 amide bonds. The smallest absolute Gasteiger partial charge is 0.289 e. The molecule has 1 unspecified atom stereocenters. The van der Waals surface area contributed by atoms with Gasteiger partial charge in [-0.1, -0.05) is 74.1 Å². The summed E-state index contributed by atoms with van der Waals surface area (Å²) in [6.07, 6.45) is 14.6. The van der Waals surface area contributed by atoms with Crippen molar-refractivity contribution in [2.75, 3.05) is 18.1 Å². The molecule has 1 aromatic rings. The average Bonchev–Trinajstić information content (AvgIpc) is 3.92. The van der Waals surface area contributed by atoms with Gasteiger partial charge in [0.05, 0.1) is 28.4 Å². The Labute approximate surface area is 336 Å². The van der Waals surface area contributed by atoms with Gasteiger partial charge in [-0.05, 0) is 67.3 Å². The predicted octanol–water partition coefficient (Wildman–Crippen LogP) is 5.19. The van der Waals surface area contributed by atoms with Crippen LogP contribution in [-0.2, 0) is 24.0 Å². The van der Waals surface area contributed by atoms with E-state index in [-0.39, 0.29) is 51.2 Å². The Hall–Kier alpha value is -3.04. The van der Waals surface area contributed by atoms with Crippen LogP contribution in [0.1, 0.15) is 129 Å². The van der Waals surface area contributed by atoms with Gasteiger partial charge in [0.2, 0.25) is 17.6 Å². The molecule has 5 N–H and O–H groups in total. The number of carbonyl (C=O) groups is 6. The summed E-state index contributed by atoms with van der Waals surface area (Å²) in [6.45, 7) is 14.3. The highest BCUT2D eigenvalue weighted by atomic mass is 32.2. The van der Waals surface area contributed by atoms with Crippen molar-refractivity contribution in [3.63, 3.8) is 0 Å². The first-order valence-electron chi connectivity index (χ1n) is 19.8. The number of Topliss-reactive ketones (excluding diaryl/α,β-unsaturated/α-hetero) is 1. The summed E-state index contributed by atoms with van der Waals surface area (Å²) >= 11 is 3.88. The number of amides is 4. The van der Waals surface area contributed by atoms with Crippen LogP contribution in [0.5, 0.6) is 0 Å². The van der Waals surface area contributed by atoms with Gasteiger partial charge in [-0.15, -0.1) is 23.5 Å². The fraction of sp³-hybridized carbons (Fsp3) is 0.744. The van der Waals surface area contributed by atoms with E-state index in [0.29, 0.717) is 0 Å². The zero-order valence-electron chi connectivity index (χ0n) is 33.2. The number of ketones is 1. The number of nitrogens with zero attached hydrogens (tertiary/aromatic N) is 2. The lowest BCUT2D eigenvalue weighted by molar-refractivity contribution is -0.141. The Morgan fingerprint density at radius 3 is 2.20 bits per heavy atom. The number of nitrogens with one attached hydrogen (secondary N) is 5. The highest BCUT2D eigenvalue weighted by Gasteiger charge is 2.45. The largest absolute Gasteiger partial charge is 0.347 e. The van der Waals surface area contributed by atoms with Crippen molar-refractivity contribution in [1.29, 1.82) is 0 Å². The van der Waals surface area contributed by atoms with Gasteiger partial charge < -0.3 is 31.4 Å². The molecule has 4 fully saturated rings. The summed E-state index contributed by atoms with van der Waals surface area (Å²) in [4.78, 5) is 82.2. The van der Waals surface area contributed by atoms with Gasteiger partial charge in [-0.25, -0.2) is 4.98 Å². The third-order valence-corrected chi connectivity index (χ3v) is 13.6. The van der Waals surface area contributed by atoms with Crippen LogP contribution in [0.3, 0.4) is 0 Å². The topological polar surface area (TPSA) is 188 Å². The molecule has 5 rings (SSSR count). The molecule has 1 aromatic heterocycles. The van der Waals surface area contributed by atoms with E-state index < -0.39 is 41.1 Å². The van der Waals surface area contributed by atoms with Gasteiger partial charge in [0.1, 0.15) is 18.0 Å². The summed E-state index contributed by atoms with van der Waals surface area (Å²) in [5.74, 6) is 0.259. The second-order valence-corrected chi connectivity index (χ2v) is 18.7. The van der Waals surface area contributed by atoms with E-state index in [1.807, 2.05) is 72.0 Å². The van der Waals surface area contributed by atoms with Gasteiger partial charge in [-0.2, -0.15) is 0 Å². The number of carbonyl (C=O) groups excluding carboxylic acids is 6. The van der Waals surface area contributed by atoms with Gasteiger partial charge in [-0.3, -0.25) is 29.0 Å². The minimum Gasteiger partial charge on any atom is -0.347 e. The monoisotopic (exact) mass is 797 g/mol. The van der Waals surface area contributed by atoms with Crippen molar-refractivity contribution in [1.82, 2.24) is 36.6 Å². The van der Waals surface area contributed by atoms with Crippen molar-refractivity contribution < 1.29 is 34.5 Å². The third kappa shape index (κ3) is 13.6. The summed E-state index contributed by atoms with van der Waals surface area (Å²) in [6, 6.07) is -2.21. The maximum absolute atomic E-state index is 12.9. The predicted molar refractivity (Wildman–Crippen MR) is 223 cm³/mol. The fourth-order valence-electron chi connectivity index (χ4n) is 6.53. The number of thioether (sulfide) groups is 2. The lowest BCUT2D eigenvalue weighted by atomic mass is 9.82. The van der Waals surface area contributed by atoms with E-state index in [0.717, 1.165) is 82.1 Å². The number of hydrogen-bond donors (Lipinski definition) is 5. The minimum absolute atomic E-state index is 0. The fourth-order valence-corrected chi connectivity index (χ4v) is 9.81. The molecule has 2 saturated heterocycles. The Morgan fingerprint density at radius 2 is 1.65 bits per heavy atom. The quantitative estimate of drug-likeness (QED) is 0.131. The number of aldehydes is 1. The summed E-state index contributed by atoms with van der Waals surface area (Å²) in [5, 5.41) is 14.6. The van der Waals surface area contributed by atoms with Crippen molar-refractivity contribution in [2.45, 2.75) is 147 Å². The molecule has 15 heteroatoms. The van der Waals surface area contributed by atoms with Gasteiger partial charge in [0.25, 0.3) is 11.8 Å². The molecule has 4 aliphatic rings. The van der Waals surface area contributed by atoms with Crippen LogP contribution in [0.15, 0.2) is 18.6 Å². The second kappa shape index (κ2) is 21.9. The van der Waals surface area contributed by atoms with Crippen LogP contribution in [-0.4, -0.2) is 98.0 Å². The van der Waals surface area contributed by atoms with Crippen LogP contribution < -0.4 is 26.6 Å². The zero-order chi connectivity index (χ0) is 39.9. The maximum atomic E-state index is 12.9. The molecule has 0 bridgehead atoms. The summed E-state index contributed by atoms with van der Waals surface area (Å²) < 4.78 is 0.0828. The van der Waals surface area contributed by atoms with E-state index in [1.165, 1.54) is 25.0 Å². The SMILES string of the molecule is CC.CC(C)(C)[C@@H](C=O)NC(=O)[C@@H](NC(=O)c1cnccn1)C1CCCCC1.CCC(C)[C@@H](NC(=O)[C@@H]1CC2(CN1)SCCCS2)C(=O)C(=O)NC1CC1.[HH].[HH].[HH].[HH]. The lowest BCUT2D eigenvalue weighted by Gasteiger charge is -2.33. The van der Waals surface area contributed by atoms with E-state index in [4.69, 9.17) is 0 Å². The molecule has 3 heterocycles. The van der Waals surface area contributed by atoms with E-state index >= 15 is 0 Å². The first-order chi connectivity index (χ1) is 25.8. The zero-order valence-corrected chi connectivity index (χ0v) is 34.8. The van der Waals surface area contributed by atoms with Crippen molar-refractivity contribution >= 4 is 59.2 Å². The first kappa shape index (κ1) is 45.4. The molecule has 54 heavy (non-hydrogen) atoms. The molecule has 13 nitrogen and oxygen atoms in total. The molecular formula is C39H71N7O6S2. The summed E-state index contributed by atoms with van der Waals surface area (Å²) in [5.41, 5.74) is -0.229. The maximum Gasteiger partial charge on any atom is 0.289 e. The first-order valence-corrected chi connectivity index (χ1v) is 21.7. The Balaban J connectivity index is 0. The standard InChI is InChI=1S/C19H28N4O3.C18H29N3O3S2.C2H6.4H2/c1-19(2,3)15(12-24)22-18(26)16(13-7-5-4-6-8-13)23-17(25)14-11-20-9-10-21-14;1-3-11(2)14(15(22)17(24)20-12-5-6-12)21-16(23)13-9-18(10-19-13)25-7-4-8-26-18;1-2;;;;/h9-13,15-16H,4-8H2,1-3H3,(H,22,26)(H,23,25);11-14,19H,3-10H2,1-2H3,(H,20,24)(H,21,23);1-2H3;4*1H/t15-,16+;11?,13-,14+;;;;;/m10...../s1. The Kier molecular flexibility index (Phi) is 18.4. The lowest BCUT2D eigenvalue weighted by Crippen LogP contribution is -2.56. The van der Waals surface area contributed by atoms with Crippen LogP contribution >= 0.6 is 23.5 Å². The van der Waals surface area contributed by atoms with Gasteiger partial charge in [0.15, 0.2) is 0 Å². The minimum atomic E-state index is -0.753. The van der Waals surface area contributed by atoms with Crippen molar-refractivity contribution in [3.8, 4) is 0 Å². The number of hydrogen-bond acceptors (Lipinski definition) is 11. The van der Waals surface area contributed by atoms with Gasteiger partial charge >= 0.3 is 0 Å². The molecule has 2 aliphatic heterocycles. The summed E-state index contributed by atoms with van der Waals surface area (Å²) in [7, 11) is 0. The number of aromatic nitrogens is 2. The normalized spacial score (nSPS) is 21.6. The molecule has 0 aromatic carbocycles. The Bertz CT molecular complexity index is 1420. The average molecular weight is 798 g/mol. The van der Waals surface area contributed by atoms with Gasteiger partial charge in [0, 0.05) is 30.7 Å². The van der Waals surface area contributed by atoms with Crippen LogP contribution in [0, 0.1) is 17.3 Å². The highest BCUT2D eigenvalue weighted by molar-refractivity contribution is 8.18. The van der Waals surface area contributed by atoms with Crippen LogP contribution in [0.4, 0.5) is 0 Å². The molecule has 1 spiro atoms. The number of rotatable bonds is 13. The third-order valence-electron chi connectivity index (χ3n) is 10.3. The molecule has 0 radical (unpaired) electrons. The Morgan fingerprint density at radius 1 is 0.981 bits per heavy atom. The molecule has 2 saturated carbocycles. The molecule has 2 aliphatic carbocycles. The van der Waals surface area contributed by atoms with Crippen LogP contribution in [0.2, 0.25) is 0 Å². The molecule has 5 atom stereocenters. The van der Waals surface area contributed by atoms with Crippen molar-refractivity contribution in [3.05, 3.63) is 24.3 Å². The van der Waals surface area contributed by atoms with Crippen molar-refractivity contribution in [2.24, 2.45) is 17.3 Å². The molecule has 310 valence electrons. The highest BCUT2D eigenvalue weighted by Crippen LogP contribution is 2.47. The second-order valence-electron chi connectivity index (χ2n) is 15.5. The molecular weight excluding hydrogens is 727 g/mol. The van der Waals surface area contributed by atoms with E-state index in [2.05, 4.69) is 36.6 Å². The van der Waals surface area contributed by atoms with E-state index in [1.54, 1.807) is 0 Å². The van der Waals surface area contributed by atoms with Crippen LogP contribution in [0.25, 0.3) is 0 Å². The van der Waals surface area contributed by atoms with E-state index in [9.17, 15) is 28.8 Å².